The Labute approximate surface area is 171 Å². The minimum atomic E-state index is -0.0576. The zero-order chi connectivity index (χ0) is 20.4. The average molecular weight is 396 g/mol. The van der Waals surface area contributed by atoms with Crippen LogP contribution in [0.4, 0.5) is 17.3 Å². The molecule has 4 rings (SSSR count). The van der Waals surface area contributed by atoms with Gasteiger partial charge in [0, 0.05) is 38.8 Å². The highest BCUT2D eigenvalue weighted by molar-refractivity contribution is 6.02. The van der Waals surface area contributed by atoms with Gasteiger partial charge in [0.05, 0.1) is 6.54 Å². The van der Waals surface area contributed by atoms with Crippen molar-refractivity contribution in [3.05, 3.63) is 41.7 Å². The molecule has 29 heavy (non-hydrogen) atoms. The molecule has 1 saturated heterocycles. The Bertz CT molecular complexity index is 877. The summed E-state index contributed by atoms with van der Waals surface area (Å²) in [4.78, 5) is 27.6. The van der Waals surface area contributed by atoms with Crippen LogP contribution in [0.1, 0.15) is 17.2 Å². The second-order valence-corrected chi connectivity index (χ2v) is 7.98. The third kappa shape index (κ3) is 4.18. The Hall–Kier alpha value is -2.71. The third-order valence-electron chi connectivity index (χ3n) is 5.65. The lowest BCUT2D eigenvalue weighted by Crippen LogP contribution is -2.50. The number of rotatable bonds is 5. The van der Waals surface area contributed by atoms with Gasteiger partial charge >= 0.3 is 0 Å². The molecule has 0 spiro atoms. The molecular weight excluding hydrogens is 366 g/mol. The molecule has 1 aromatic heterocycles. The summed E-state index contributed by atoms with van der Waals surface area (Å²) in [6, 6.07) is 9.03. The van der Waals surface area contributed by atoms with E-state index in [9.17, 15) is 4.79 Å². The van der Waals surface area contributed by atoms with Crippen LogP contribution in [-0.4, -0.2) is 79.0 Å². The molecule has 3 heterocycles. The average Bonchev–Trinajstić information content (AvgIpc) is 2.72. The van der Waals surface area contributed by atoms with Crippen molar-refractivity contribution in [3.8, 4) is 0 Å². The van der Waals surface area contributed by atoms with Gasteiger partial charge in [0.1, 0.15) is 12.0 Å². The summed E-state index contributed by atoms with van der Waals surface area (Å²) in [6.45, 7) is 7.01. The molecule has 0 saturated carbocycles. The predicted molar refractivity (Wildman–Crippen MR) is 115 cm³/mol. The number of amides is 1. The number of carbonyl (C=O) groups is 1. The first-order chi connectivity index (χ1) is 14.0. The van der Waals surface area contributed by atoms with Gasteiger partial charge in [0.15, 0.2) is 11.6 Å². The van der Waals surface area contributed by atoms with Crippen LogP contribution >= 0.6 is 0 Å². The van der Waals surface area contributed by atoms with Crippen LogP contribution in [0.25, 0.3) is 0 Å². The number of nitrogens with zero attached hydrogens (tertiary/aromatic N) is 5. The lowest BCUT2D eigenvalue weighted by molar-refractivity contribution is -0.114. The molecule has 2 aliphatic heterocycles. The number of piperazine rings is 1. The van der Waals surface area contributed by atoms with Crippen LogP contribution in [0, 0.1) is 6.92 Å². The van der Waals surface area contributed by atoms with E-state index >= 15 is 0 Å². The molecule has 154 valence electrons. The molecular formula is C21H29N7O. The quantitative estimate of drug-likeness (QED) is 0.796. The fourth-order valence-corrected chi connectivity index (χ4v) is 4.18. The molecule has 1 amide bonds. The number of hydrogen-bond donors (Lipinski definition) is 2. The predicted octanol–water partition coefficient (Wildman–Crippen LogP) is 1.57. The molecule has 8 nitrogen and oxygen atoms in total. The summed E-state index contributed by atoms with van der Waals surface area (Å²) < 4.78 is 0. The van der Waals surface area contributed by atoms with Gasteiger partial charge in [-0.1, -0.05) is 24.3 Å². The molecule has 1 aromatic carbocycles. The van der Waals surface area contributed by atoms with Gasteiger partial charge in [-0.2, -0.15) is 0 Å². The maximum Gasteiger partial charge on any atom is 0.243 e. The van der Waals surface area contributed by atoms with Crippen molar-refractivity contribution in [2.75, 3.05) is 68.9 Å². The number of benzene rings is 1. The second kappa shape index (κ2) is 8.34. The van der Waals surface area contributed by atoms with Crippen molar-refractivity contribution in [3.63, 3.8) is 0 Å². The third-order valence-corrected chi connectivity index (χ3v) is 5.65. The van der Waals surface area contributed by atoms with Crippen LogP contribution in [0.3, 0.4) is 0 Å². The normalized spacial score (nSPS) is 18.2. The fraction of sp³-hybridized carbons (Fsp3) is 0.476. The van der Waals surface area contributed by atoms with E-state index in [0.29, 0.717) is 17.5 Å². The van der Waals surface area contributed by atoms with E-state index in [2.05, 4.69) is 80.6 Å². The molecule has 0 aliphatic carbocycles. The Morgan fingerprint density at radius 1 is 1.14 bits per heavy atom. The highest BCUT2D eigenvalue weighted by atomic mass is 16.2. The van der Waals surface area contributed by atoms with E-state index in [4.69, 9.17) is 0 Å². The van der Waals surface area contributed by atoms with Crippen molar-refractivity contribution in [2.24, 2.45) is 0 Å². The van der Waals surface area contributed by atoms with E-state index in [1.807, 2.05) is 0 Å². The van der Waals surface area contributed by atoms with Crippen molar-refractivity contribution >= 4 is 23.2 Å². The van der Waals surface area contributed by atoms with E-state index in [1.165, 1.54) is 11.1 Å². The molecule has 8 heteroatoms. The van der Waals surface area contributed by atoms with Gasteiger partial charge in [-0.15, -0.1) is 0 Å². The zero-order valence-electron chi connectivity index (χ0n) is 17.4. The number of fused-ring (bicyclic) bond motifs is 1. The molecule has 2 N–H and O–H groups in total. The first-order valence-corrected chi connectivity index (χ1v) is 10.1. The monoisotopic (exact) mass is 395 g/mol. The minimum absolute atomic E-state index is 0.0576. The van der Waals surface area contributed by atoms with E-state index in [0.717, 1.165) is 38.5 Å². The van der Waals surface area contributed by atoms with Crippen LogP contribution in [-0.2, 0) is 4.79 Å². The molecule has 1 unspecified atom stereocenters. The van der Waals surface area contributed by atoms with Gasteiger partial charge < -0.3 is 20.4 Å². The molecule has 0 radical (unpaired) electrons. The smallest absolute Gasteiger partial charge is 0.243 e. The van der Waals surface area contributed by atoms with Crippen molar-refractivity contribution in [1.82, 2.24) is 19.8 Å². The largest absolute Gasteiger partial charge is 0.359 e. The summed E-state index contributed by atoms with van der Waals surface area (Å²) in [7, 11) is 4.26. The SMILES string of the molecule is Cc1ccccc1C(CN(C)C)N1CCN(c2ncnc3c2NC(=O)CN3)CC1. The van der Waals surface area contributed by atoms with Crippen molar-refractivity contribution in [1.29, 1.82) is 0 Å². The maximum absolute atomic E-state index is 11.8. The number of likely N-dealkylation sites (N-methyl/N-ethyl adjacent to an activating group) is 1. The van der Waals surface area contributed by atoms with Crippen LogP contribution < -0.4 is 15.5 Å². The molecule has 0 bridgehead atoms. The van der Waals surface area contributed by atoms with Gasteiger partial charge in [-0.3, -0.25) is 9.69 Å². The zero-order valence-corrected chi connectivity index (χ0v) is 17.4. The molecule has 2 aromatic rings. The highest BCUT2D eigenvalue weighted by Gasteiger charge is 2.29. The summed E-state index contributed by atoms with van der Waals surface area (Å²) in [5.41, 5.74) is 3.42. The lowest BCUT2D eigenvalue weighted by Gasteiger charge is -2.41. The van der Waals surface area contributed by atoms with Crippen LogP contribution in [0.2, 0.25) is 0 Å². The summed E-state index contributed by atoms with van der Waals surface area (Å²) >= 11 is 0. The van der Waals surface area contributed by atoms with E-state index in [-0.39, 0.29) is 12.5 Å². The highest BCUT2D eigenvalue weighted by Crippen LogP contribution is 2.33. The van der Waals surface area contributed by atoms with Crippen LogP contribution in [0.15, 0.2) is 30.6 Å². The van der Waals surface area contributed by atoms with E-state index in [1.54, 1.807) is 6.33 Å². The second-order valence-electron chi connectivity index (χ2n) is 7.98. The minimum Gasteiger partial charge on any atom is -0.359 e. The Morgan fingerprint density at radius 2 is 1.90 bits per heavy atom. The Kier molecular flexibility index (Phi) is 5.64. The number of aryl methyl sites for hydroxylation is 1. The topological polar surface area (TPSA) is 76.6 Å². The number of anilines is 3. The van der Waals surface area contributed by atoms with Gasteiger partial charge in [-0.05, 0) is 32.1 Å². The molecule has 1 fully saturated rings. The molecule has 2 aliphatic rings. The maximum atomic E-state index is 11.8. The summed E-state index contributed by atoms with van der Waals surface area (Å²) in [5.74, 6) is 1.44. The number of carbonyl (C=O) groups excluding carboxylic acids is 1. The number of hydrogen-bond acceptors (Lipinski definition) is 7. The van der Waals surface area contributed by atoms with Gasteiger partial charge in [-0.25, -0.2) is 9.97 Å². The standard InChI is InChI=1S/C21H29N7O/c1-15-6-4-5-7-16(15)17(13-26(2)3)27-8-10-28(11-9-27)21-19-20(23-14-24-21)22-12-18(29)25-19/h4-7,14,17H,8-13H2,1-3H3,(H,25,29)(H,22,23,24). The number of nitrogens with one attached hydrogen (secondary N) is 2. The fourth-order valence-electron chi connectivity index (χ4n) is 4.18. The summed E-state index contributed by atoms with van der Waals surface area (Å²) in [6.07, 6.45) is 1.56. The van der Waals surface area contributed by atoms with Crippen molar-refractivity contribution in [2.45, 2.75) is 13.0 Å². The van der Waals surface area contributed by atoms with Gasteiger partial charge in [0.25, 0.3) is 0 Å². The molecule has 1 atom stereocenters. The lowest BCUT2D eigenvalue weighted by atomic mass is 9.99. The Morgan fingerprint density at radius 3 is 2.62 bits per heavy atom. The first kappa shape index (κ1) is 19.6. The summed E-state index contributed by atoms with van der Waals surface area (Å²) in [5, 5.41) is 5.99. The van der Waals surface area contributed by atoms with Gasteiger partial charge in [0.2, 0.25) is 5.91 Å². The van der Waals surface area contributed by atoms with Crippen molar-refractivity contribution < 1.29 is 4.79 Å². The first-order valence-electron chi connectivity index (χ1n) is 10.1. The van der Waals surface area contributed by atoms with Crippen LogP contribution in [0.5, 0.6) is 0 Å². The Balaban J connectivity index is 1.51. The van der Waals surface area contributed by atoms with E-state index < -0.39 is 0 Å². The number of aromatic nitrogens is 2.